The highest BCUT2D eigenvalue weighted by Crippen LogP contribution is 2.08. The number of pyridine rings is 1. The monoisotopic (exact) mass is 177 g/mol. The van der Waals surface area contributed by atoms with Gasteiger partial charge in [0, 0.05) is 6.54 Å². The van der Waals surface area contributed by atoms with Gasteiger partial charge in [0.2, 0.25) is 0 Å². The standard InChI is InChI=1S/C9H11N3O/c1-7-2-3-9(11-4-5-13)12-8(7)6-10/h2-3,13H,4-5H2,1H3,(H,11,12). The molecule has 0 aromatic carbocycles. The van der Waals surface area contributed by atoms with Gasteiger partial charge in [0.25, 0.3) is 0 Å². The van der Waals surface area contributed by atoms with E-state index in [-0.39, 0.29) is 6.61 Å². The topological polar surface area (TPSA) is 68.9 Å². The van der Waals surface area contributed by atoms with Crippen LogP contribution in [0.5, 0.6) is 0 Å². The van der Waals surface area contributed by atoms with E-state index < -0.39 is 0 Å². The number of anilines is 1. The number of aryl methyl sites for hydroxylation is 1. The van der Waals surface area contributed by atoms with Crippen LogP contribution in [-0.4, -0.2) is 23.2 Å². The lowest BCUT2D eigenvalue weighted by atomic mass is 10.2. The largest absolute Gasteiger partial charge is 0.395 e. The summed E-state index contributed by atoms with van der Waals surface area (Å²) in [6.07, 6.45) is 0. The second kappa shape index (κ2) is 4.43. The van der Waals surface area contributed by atoms with Crippen molar-refractivity contribution in [3.05, 3.63) is 23.4 Å². The number of hydrogen-bond donors (Lipinski definition) is 2. The van der Waals surface area contributed by atoms with Crippen molar-refractivity contribution in [2.45, 2.75) is 6.92 Å². The molecule has 68 valence electrons. The number of aliphatic hydroxyl groups is 1. The van der Waals surface area contributed by atoms with Gasteiger partial charge in [-0.05, 0) is 18.6 Å². The molecule has 0 atom stereocenters. The lowest BCUT2D eigenvalue weighted by Gasteiger charge is -2.04. The van der Waals surface area contributed by atoms with Crippen molar-refractivity contribution in [1.82, 2.24) is 4.98 Å². The van der Waals surface area contributed by atoms with Crippen LogP contribution in [0.4, 0.5) is 5.82 Å². The first-order valence-corrected chi connectivity index (χ1v) is 4.00. The SMILES string of the molecule is Cc1ccc(NCCO)nc1C#N. The molecule has 0 radical (unpaired) electrons. The maximum Gasteiger partial charge on any atom is 0.145 e. The molecule has 1 aromatic rings. The van der Waals surface area contributed by atoms with E-state index in [1.165, 1.54) is 0 Å². The van der Waals surface area contributed by atoms with Gasteiger partial charge in [-0.1, -0.05) is 6.07 Å². The van der Waals surface area contributed by atoms with Crippen LogP contribution in [-0.2, 0) is 0 Å². The third kappa shape index (κ3) is 2.42. The average Bonchev–Trinajstić information content (AvgIpc) is 2.16. The van der Waals surface area contributed by atoms with Crippen molar-refractivity contribution in [2.75, 3.05) is 18.5 Å². The van der Waals surface area contributed by atoms with Crippen LogP contribution in [0.1, 0.15) is 11.3 Å². The molecule has 0 fully saturated rings. The Balaban J connectivity index is 2.82. The molecule has 0 aliphatic carbocycles. The molecule has 2 N–H and O–H groups in total. The average molecular weight is 177 g/mol. The van der Waals surface area contributed by atoms with Crippen molar-refractivity contribution < 1.29 is 5.11 Å². The highest BCUT2D eigenvalue weighted by Gasteiger charge is 1.99. The Labute approximate surface area is 76.8 Å². The van der Waals surface area contributed by atoms with E-state index >= 15 is 0 Å². The molecule has 0 amide bonds. The number of nitrogens with zero attached hydrogens (tertiary/aromatic N) is 2. The molecule has 1 heterocycles. The summed E-state index contributed by atoms with van der Waals surface area (Å²) < 4.78 is 0. The van der Waals surface area contributed by atoms with Crippen molar-refractivity contribution in [2.24, 2.45) is 0 Å². The van der Waals surface area contributed by atoms with E-state index in [0.29, 0.717) is 18.1 Å². The summed E-state index contributed by atoms with van der Waals surface area (Å²) in [7, 11) is 0. The zero-order chi connectivity index (χ0) is 9.68. The van der Waals surface area contributed by atoms with E-state index in [1.807, 2.05) is 19.1 Å². The number of nitrogens with one attached hydrogen (secondary N) is 1. The van der Waals surface area contributed by atoms with Gasteiger partial charge in [-0.15, -0.1) is 0 Å². The molecular formula is C9H11N3O. The lowest BCUT2D eigenvalue weighted by Crippen LogP contribution is -2.07. The van der Waals surface area contributed by atoms with Crippen molar-refractivity contribution >= 4 is 5.82 Å². The first-order valence-electron chi connectivity index (χ1n) is 4.00. The van der Waals surface area contributed by atoms with Crippen LogP contribution in [0.25, 0.3) is 0 Å². The highest BCUT2D eigenvalue weighted by atomic mass is 16.3. The Morgan fingerprint density at radius 3 is 3.00 bits per heavy atom. The molecule has 0 spiro atoms. The quantitative estimate of drug-likeness (QED) is 0.711. The zero-order valence-electron chi connectivity index (χ0n) is 7.41. The second-order valence-electron chi connectivity index (χ2n) is 2.62. The highest BCUT2D eigenvalue weighted by molar-refractivity contribution is 5.42. The number of aliphatic hydroxyl groups excluding tert-OH is 1. The fourth-order valence-electron chi connectivity index (χ4n) is 0.924. The van der Waals surface area contributed by atoms with Gasteiger partial charge in [-0.25, -0.2) is 4.98 Å². The second-order valence-corrected chi connectivity index (χ2v) is 2.62. The molecular weight excluding hydrogens is 166 g/mol. The minimum atomic E-state index is 0.0530. The lowest BCUT2D eigenvalue weighted by molar-refractivity contribution is 0.311. The summed E-state index contributed by atoms with van der Waals surface area (Å²) in [6.45, 7) is 2.33. The predicted octanol–water partition coefficient (Wildman–Crippen LogP) is 0.666. The van der Waals surface area contributed by atoms with Crippen molar-refractivity contribution in [3.8, 4) is 6.07 Å². The maximum atomic E-state index is 8.68. The predicted molar refractivity (Wildman–Crippen MR) is 49.3 cm³/mol. The molecule has 0 bridgehead atoms. The zero-order valence-corrected chi connectivity index (χ0v) is 7.41. The molecule has 13 heavy (non-hydrogen) atoms. The fraction of sp³-hybridized carbons (Fsp3) is 0.333. The van der Waals surface area contributed by atoms with Crippen molar-refractivity contribution in [3.63, 3.8) is 0 Å². The summed E-state index contributed by atoms with van der Waals surface area (Å²) in [6, 6.07) is 5.61. The minimum Gasteiger partial charge on any atom is -0.395 e. The normalized spacial score (nSPS) is 9.31. The van der Waals surface area contributed by atoms with Crippen LogP contribution in [0.15, 0.2) is 12.1 Å². The Kier molecular flexibility index (Phi) is 3.23. The summed E-state index contributed by atoms with van der Waals surface area (Å²) in [4.78, 5) is 4.04. The van der Waals surface area contributed by atoms with Crippen LogP contribution in [0, 0.1) is 18.3 Å². The molecule has 4 heteroatoms. The van der Waals surface area contributed by atoms with E-state index in [4.69, 9.17) is 10.4 Å². The summed E-state index contributed by atoms with van der Waals surface area (Å²) >= 11 is 0. The molecule has 1 rings (SSSR count). The summed E-state index contributed by atoms with van der Waals surface area (Å²) in [5.41, 5.74) is 1.28. The number of nitriles is 1. The van der Waals surface area contributed by atoms with Gasteiger partial charge in [0.1, 0.15) is 17.6 Å². The van der Waals surface area contributed by atoms with Crippen LogP contribution >= 0.6 is 0 Å². The summed E-state index contributed by atoms with van der Waals surface area (Å²) in [5.74, 6) is 0.621. The minimum absolute atomic E-state index is 0.0530. The number of rotatable bonds is 3. The smallest absolute Gasteiger partial charge is 0.145 e. The van der Waals surface area contributed by atoms with Gasteiger partial charge >= 0.3 is 0 Å². The summed E-state index contributed by atoms with van der Waals surface area (Å²) in [5, 5.41) is 20.1. The van der Waals surface area contributed by atoms with E-state index in [9.17, 15) is 0 Å². The van der Waals surface area contributed by atoms with Gasteiger partial charge in [-0.3, -0.25) is 0 Å². The third-order valence-corrected chi connectivity index (χ3v) is 1.62. The van der Waals surface area contributed by atoms with Crippen LogP contribution in [0.2, 0.25) is 0 Å². The molecule has 0 aliphatic rings. The number of aromatic nitrogens is 1. The Bertz CT molecular complexity index is 330. The Morgan fingerprint density at radius 2 is 2.38 bits per heavy atom. The molecule has 0 saturated heterocycles. The molecule has 1 aromatic heterocycles. The first kappa shape index (κ1) is 9.49. The van der Waals surface area contributed by atoms with Crippen molar-refractivity contribution in [1.29, 1.82) is 5.26 Å². The fourth-order valence-corrected chi connectivity index (χ4v) is 0.924. The van der Waals surface area contributed by atoms with Gasteiger partial charge < -0.3 is 10.4 Å². The van der Waals surface area contributed by atoms with Gasteiger partial charge in [0.15, 0.2) is 0 Å². The first-order chi connectivity index (χ1) is 6.27. The molecule has 0 saturated carbocycles. The van der Waals surface area contributed by atoms with Gasteiger partial charge in [0.05, 0.1) is 6.61 Å². The van der Waals surface area contributed by atoms with E-state index in [1.54, 1.807) is 6.07 Å². The molecule has 4 nitrogen and oxygen atoms in total. The Morgan fingerprint density at radius 1 is 1.62 bits per heavy atom. The van der Waals surface area contributed by atoms with Crippen LogP contribution < -0.4 is 5.32 Å². The van der Waals surface area contributed by atoms with E-state index in [2.05, 4.69) is 10.3 Å². The number of hydrogen-bond acceptors (Lipinski definition) is 4. The molecule has 0 aliphatic heterocycles. The maximum absolute atomic E-state index is 8.68. The van der Waals surface area contributed by atoms with E-state index in [0.717, 1.165) is 5.56 Å². The Hall–Kier alpha value is -1.60. The molecule has 0 unspecified atom stereocenters. The van der Waals surface area contributed by atoms with Gasteiger partial charge in [-0.2, -0.15) is 5.26 Å². The third-order valence-electron chi connectivity index (χ3n) is 1.62. The van der Waals surface area contributed by atoms with Crippen LogP contribution in [0.3, 0.4) is 0 Å².